The lowest BCUT2D eigenvalue weighted by Gasteiger charge is -2.33. The number of hydrogen-bond donors (Lipinski definition) is 0. The first kappa shape index (κ1) is 18.4. The number of methoxy groups -OCH3 is 1. The van der Waals surface area contributed by atoms with Crippen molar-refractivity contribution in [3.63, 3.8) is 0 Å². The van der Waals surface area contributed by atoms with E-state index in [1.54, 1.807) is 51.3 Å². The largest absolute Gasteiger partial charge is 0.383 e. The number of carbonyl (C=O) groups excluding carboxylic acids is 1. The number of pyridine rings is 1. The van der Waals surface area contributed by atoms with Crippen LogP contribution in [0.3, 0.4) is 0 Å². The van der Waals surface area contributed by atoms with Crippen LogP contribution in [0.15, 0.2) is 35.4 Å². The number of carbonyl (C=O) groups is 1. The van der Waals surface area contributed by atoms with E-state index in [0.717, 1.165) is 18.4 Å². The molecule has 0 unspecified atom stereocenters. The van der Waals surface area contributed by atoms with E-state index < -0.39 is 0 Å². The van der Waals surface area contributed by atoms with Crippen molar-refractivity contribution in [2.45, 2.75) is 25.4 Å². The van der Waals surface area contributed by atoms with Crippen LogP contribution in [0, 0.1) is 0 Å². The van der Waals surface area contributed by atoms with Crippen molar-refractivity contribution >= 4 is 17.1 Å². The van der Waals surface area contributed by atoms with Gasteiger partial charge < -0.3 is 9.64 Å². The minimum Gasteiger partial charge on any atom is -0.383 e. The Kier molecular flexibility index (Phi) is 4.99. The monoisotopic (exact) mass is 384 g/mol. The molecule has 3 aromatic heterocycles. The number of fused-ring (bicyclic) bond motifs is 1. The molecule has 0 N–H and O–H groups in total. The summed E-state index contributed by atoms with van der Waals surface area (Å²) in [4.78, 5) is 32.3. The van der Waals surface area contributed by atoms with E-state index in [1.807, 2.05) is 12.1 Å². The highest BCUT2D eigenvalue weighted by Crippen LogP contribution is 2.25. The molecule has 9 heteroatoms. The smallest absolute Gasteiger partial charge is 0.330 e. The molecule has 3 aromatic rings. The fourth-order valence-electron chi connectivity index (χ4n) is 3.93. The molecule has 1 aliphatic rings. The van der Waals surface area contributed by atoms with Gasteiger partial charge >= 0.3 is 5.69 Å². The number of aryl methyl sites for hydroxylation is 1. The van der Waals surface area contributed by atoms with Gasteiger partial charge in [0.1, 0.15) is 5.69 Å². The predicted octanol–water partition coefficient (Wildman–Crippen LogP) is 1.06. The van der Waals surface area contributed by atoms with Gasteiger partial charge in [-0.25, -0.2) is 9.78 Å². The maximum Gasteiger partial charge on any atom is 0.330 e. The van der Waals surface area contributed by atoms with Gasteiger partial charge in [0.25, 0.3) is 5.91 Å². The number of ether oxygens (including phenoxy) is 1. The molecule has 1 atom stereocenters. The van der Waals surface area contributed by atoms with E-state index in [2.05, 4.69) is 10.1 Å². The molecular formula is C19H24N6O3. The van der Waals surface area contributed by atoms with E-state index >= 15 is 0 Å². The summed E-state index contributed by atoms with van der Waals surface area (Å²) in [6.45, 7) is 2.06. The van der Waals surface area contributed by atoms with Crippen LogP contribution in [0.5, 0.6) is 0 Å². The molecule has 28 heavy (non-hydrogen) atoms. The van der Waals surface area contributed by atoms with E-state index in [4.69, 9.17) is 4.74 Å². The minimum atomic E-state index is -0.111. The Bertz CT molecular complexity index is 1050. The second kappa shape index (κ2) is 7.59. The third kappa shape index (κ3) is 3.11. The lowest BCUT2D eigenvalue weighted by atomic mass is 10.0. The number of amides is 1. The Hall–Kier alpha value is -2.94. The van der Waals surface area contributed by atoms with Crippen LogP contribution in [0.1, 0.15) is 29.4 Å². The summed E-state index contributed by atoms with van der Waals surface area (Å²) in [7, 11) is 3.37. The zero-order valence-corrected chi connectivity index (χ0v) is 16.1. The van der Waals surface area contributed by atoms with E-state index in [-0.39, 0.29) is 17.6 Å². The standard InChI is InChI=1S/C19H24N6O3/c1-22-16(7-9-21-22)18(26)23-10-4-5-14(13-23)25-17-15(6-3-8-20-17)24(19(25)27)11-12-28-2/h3,6-9,14H,4-5,10-13H2,1-2H3/t14-/m0/s1. The summed E-state index contributed by atoms with van der Waals surface area (Å²) in [5.74, 6) is -0.0613. The van der Waals surface area contributed by atoms with Crippen LogP contribution < -0.4 is 5.69 Å². The highest BCUT2D eigenvalue weighted by molar-refractivity contribution is 5.92. The van der Waals surface area contributed by atoms with Crippen molar-refractivity contribution in [2.24, 2.45) is 7.05 Å². The summed E-state index contributed by atoms with van der Waals surface area (Å²) in [6.07, 6.45) is 4.97. The Morgan fingerprint density at radius 2 is 2.18 bits per heavy atom. The van der Waals surface area contributed by atoms with Gasteiger partial charge in [-0.05, 0) is 31.0 Å². The van der Waals surface area contributed by atoms with Gasteiger partial charge in [-0.15, -0.1) is 0 Å². The Morgan fingerprint density at radius 1 is 1.32 bits per heavy atom. The van der Waals surface area contributed by atoms with Crippen molar-refractivity contribution in [3.05, 3.63) is 46.8 Å². The van der Waals surface area contributed by atoms with Gasteiger partial charge in [0.15, 0.2) is 5.65 Å². The van der Waals surface area contributed by atoms with Crippen molar-refractivity contribution in [1.82, 2.24) is 28.8 Å². The molecule has 1 aliphatic heterocycles. The number of likely N-dealkylation sites (tertiary alicyclic amines) is 1. The van der Waals surface area contributed by atoms with Crippen molar-refractivity contribution in [2.75, 3.05) is 26.8 Å². The summed E-state index contributed by atoms with van der Waals surface area (Å²) < 4.78 is 10.2. The third-order valence-electron chi connectivity index (χ3n) is 5.33. The maximum absolute atomic E-state index is 13.2. The highest BCUT2D eigenvalue weighted by atomic mass is 16.5. The first-order valence-corrected chi connectivity index (χ1v) is 9.43. The molecule has 1 amide bonds. The van der Waals surface area contributed by atoms with Gasteiger partial charge in [0, 0.05) is 39.6 Å². The third-order valence-corrected chi connectivity index (χ3v) is 5.33. The molecule has 0 saturated carbocycles. The molecule has 0 aliphatic carbocycles. The number of hydrogen-bond acceptors (Lipinski definition) is 5. The first-order valence-electron chi connectivity index (χ1n) is 9.43. The molecule has 4 heterocycles. The predicted molar refractivity (Wildman–Crippen MR) is 103 cm³/mol. The quantitative estimate of drug-likeness (QED) is 0.656. The van der Waals surface area contributed by atoms with Crippen LogP contribution >= 0.6 is 0 Å². The normalized spacial score (nSPS) is 17.4. The molecule has 1 saturated heterocycles. The van der Waals surface area contributed by atoms with E-state index in [9.17, 15) is 9.59 Å². The zero-order chi connectivity index (χ0) is 19.7. The Balaban J connectivity index is 1.68. The average molecular weight is 384 g/mol. The van der Waals surface area contributed by atoms with Crippen molar-refractivity contribution in [3.8, 4) is 0 Å². The van der Waals surface area contributed by atoms with Crippen LogP contribution in [-0.4, -0.2) is 61.5 Å². The minimum absolute atomic E-state index is 0.0613. The van der Waals surface area contributed by atoms with Crippen LogP contribution in [0.4, 0.5) is 0 Å². The van der Waals surface area contributed by atoms with Crippen molar-refractivity contribution < 1.29 is 9.53 Å². The summed E-state index contributed by atoms with van der Waals surface area (Å²) in [5.41, 5.74) is 1.89. The van der Waals surface area contributed by atoms with Crippen molar-refractivity contribution in [1.29, 1.82) is 0 Å². The molecule has 0 aromatic carbocycles. The van der Waals surface area contributed by atoms with E-state index in [0.29, 0.717) is 37.6 Å². The second-order valence-corrected chi connectivity index (χ2v) is 7.03. The van der Waals surface area contributed by atoms with Gasteiger partial charge in [0.2, 0.25) is 0 Å². The molecule has 148 valence electrons. The summed E-state index contributed by atoms with van der Waals surface area (Å²) in [5, 5.41) is 4.09. The van der Waals surface area contributed by atoms with Crippen LogP contribution in [0.25, 0.3) is 11.2 Å². The van der Waals surface area contributed by atoms with E-state index in [1.165, 1.54) is 0 Å². The molecule has 1 fully saturated rings. The molecule has 9 nitrogen and oxygen atoms in total. The number of rotatable bonds is 5. The van der Waals surface area contributed by atoms with Crippen LogP contribution in [-0.2, 0) is 18.3 Å². The fourth-order valence-corrected chi connectivity index (χ4v) is 3.93. The topological polar surface area (TPSA) is 87.2 Å². The van der Waals surface area contributed by atoms with Gasteiger partial charge in [-0.1, -0.05) is 0 Å². The number of nitrogens with zero attached hydrogens (tertiary/aromatic N) is 6. The number of aromatic nitrogens is 5. The Morgan fingerprint density at radius 3 is 2.93 bits per heavy atom. The highest BCUT2D eigenvalue weighted by Gasteiger charge is 2.30. The van der Waals surface area contributed by atoms with Gasteiger partial charge in [-0.3, -0.25) is 18.6 Å². The van der Waals surface area contributed by atoms with Crippen LogP contribution in [0.2, 0.25) is 0 Å². The molecule has 4 rings (SSSR count). The molecule has 0 bridgehead atoms. The summed E-state index contributed by atoms with van der Waals surface area (Å²) in [6, 6.07) is 5.34. The van der Waals surface area contributed by atoms with Gasteiger partial charge in [-0.2, -0.15) is 5.10 Å². The second-order valence-electron chi connectivity index (χ2n) is 7.03. The molecule has 0 spiro atoms. The van der Waals surface area contributed by atoms with Gasteiger partial charge in [0.05, 0.1) is 24.7 Å². The molecular weight excluding hydrogens is 360 g/mol. The average Bonchev–Trinajstić information content (AvgIpc) is 3.26. The lowest BCUT2D eigenvalue weighted by molar-refractivity contribution is 0.0667. The molecule has 0 radical (unpaired) electrons. The fraction of sp³-hybridized carbons (Fsp3) is 0.474. The SMILES string of the molecule is COCCn1c(=O)n([C@H]2CCCN(C(=O)c3ccnn3C)C2)c2ncccc21. The first-order chi connectivity index (χ1) is 13.6. The lowest BCUT2D eigenvalue weighted by Crippen LogP contribution is -2.43. The Labute approximate surface area is 162 Å². The maximum atomic E-state index is 13.2. The number of piperidine rings is 1. The number of imidazole rings is 1. The summed E-state index contributed by atoms with van der Waals surface area (Å²) >= 11 is 0. The zero-order valence-electron chi connectivity index (χ0n) is 16.1.